The number of rotatable bonds is 9. The van der Waals surface area contributed by atoms with E-state index in [1.165, 1.54) is 5.56 Å². The number of amides is 1. The average Bonchev–Trinajstić information content (AvgIpc) is 3.20. The first-order valence-corrected chi connectivity index (χ1v) is 10.5. The highest BCUT2D eigenvalue weighted by Gasteiger charge is 2.29. The second-order valence-corrected chi connectivity index (χ2v) is 7.32. The van der Waals surface area contributed by atoms with Gasteiger partial charge in [0.1, 0.15) is 0 Å². The van der Waals surface area contributed by atoms with Gasteiger partial charge in [0.05, 0.1) is 13.0 Å². The highest BCUT2D eigenvalue weighted by Crippen LogP contribution is 2.21. The molecule has 1 aromatic heterocycles. The maximum Gasteiger partial charge on any atom is 0.307 e. The van der Waals surface area contributed by atoms with Gasteiger partial charge in [-0.15, -0.1) is 10.2 Å². The molecule has 7 heteroatoms. The predicted molar refractivity (Wildman–Crippen MR) is 107 cm³/mol. The smallest absolute Gasteiger partial charge is 0.307 e. The summed E-state index contributed by atoms with van der Waals surface area (Å²) >= 11 is 0. The topological polar surface area (TPSA) is 85.5 Å². The second-order valence-electron chi connectivity index (χ2n) is 7.32. The van der Waals surface area contributed by atoms with Crippen LogP contribution in [-0.4, -0.2) is 46.2 Å². The third-order valence-corrected chi connectivity index (χ3v) is 5.19. The quantitative estimate of drug-likeness (QED) is 0.602. The highest BCUT2D eigenvalue weighted by atomic mass is 16.5. The van der Waals surface area contributed by atoms with E-state index in [-0.39, 0.29) is 24.3 Å². The zero-order valence-electron chi connectivity index (χ0n) is 17.0. The fourth-order valence-electron chi connectivity index (χ4n) is 3.70. The maximum atomic E-state index is 12.7. The third kappa shape index (κ3) is 6.41. The highest BCUT2D eigenvalue weighted by molar-refractivity contribution is 5.78. The van der Waals surface area contributed by atoms with Crippen LogP contribution in [0.2, 0.25) is 0 Å². The summed E-state index contributed by atoms with van der Waals surface area (Å²) in [6.45, 7) is 2.85. The molecule has 2 heterocycles. The molecule has 1 aliphatic rings. The number of ether oxygens (including phenoxy) is 1. The SMILES string of the molecule is CCOC(=O)CC1CCCCN1C(=O)CCc1nnc(CCc2ccccc2)o1. The maximum absolute atomic E-state index is 12.7. The van der Waals surface area contributed by atoms with Crippen molar-refractivity contribution in [1.82, 2.24) is 15.1 Å². The van der Waals surface area contributed by atoms with Crippen LogP contribution in [-0.2, 0) is 33.6 Å². The summed E-state index contributed by atoms with van der Waals surface area (Å²) in [6.07, 6.45) is 5.35. The average molecular weight is 399 g/mol. The summed E-state index contributed by atoms with van der Waals surface area (Å²) in [6, 6.07) is 10.1. The summed E-state index contributed by atoms with van der Waals surface area (Å²) in [5.74, 6) is 0.870. The first-order valence-electron chi connectivity index (χ1n) is 10.5. The van der Waals surface area contributed by atoms with Crippen molar-refractivity contribution in [3.8, 4) is 0 Å². The Morgan fingerprint density at radius 3 is 2.62 bits per heavy atom. The van der Waals surface area contributed by atoms with Gasteiger partial charge in [-0.25, -0.2) is 0 Å². The molecule has 1 amide bonds. The van der Waals surface area contributed by atoms with Crippen molar-refractivity contribution in [3.05, 3.63) is 47.7 Å². The molecule has 0 spiro atoms. The van der Waals surface area contributed by atoms with Gasteiger partial charge >= 0.3 is 5.97 Å². The second kappa shape index (κ2) is 10.7. The largest absolute Gasteiger partial charge is 0.466 e. The van der Waals surface area contributed by atoms with Gasteiger partial charge in [-0.1, -0.05) is 30.3 Å². The van der Waals surface area contributed by atoms with Crippen LogP contribution in [0, 0.1) is 0 Å². The van der Waals surface area contributed by atoms with Crippen molar-refractivity contribution in [1.29, 1.82) is 0 Å². The molecule has 29 heavy (non-hydrogen) atoms. The monoisotopic (exact) mass is 399 g/mol. The number of carbonyl (C=O) groups excluding carboxylic acids is 2. The van der Waals surface area contributed by atoms with Crippen LogP contribution in [0.5, 0.6) is 0 Å². The van der Waals surface area contributed by atoms with Crippen LogP contribution in [0.25, 0.3) is 0 Å². The van der Waals surface area contributed by atoms with E-state index in [9.17, 15) is 9.59 Å². The Morgan fingerprint density at radius 2 is 1.86 bits per heavy atom. The van der Waals surface area contributed by atoms with Gasteiger partial charge < -0.3 is 14.1 Å². The van der Waals surface area contributed by atoms with Gasteiger partial charge in [-0.05, 0) is 38.2 Å². The van der Waals surface area contributed by atoms with E-state index in [1.54, 1.807) is 6.92 Å². The number of esters is 1. The lowest BCUT2D eigenvalue weighted by molar-refractivity contribution is -0.146. The molecule has 0 N–H and O–H groups in total. The minimum Gasteiger partial charge on any atom is -0.466 e. The number of aryl methyl sites for hydroxylation is 3. The van der Waals surface area contributed by atoms with E-state index in [2.05, 4.69) is 22.3 Å². The van der Waals surface area contributed by atoms with Crippen LogP contribution in [0.4, 0.5) is 0 Å². The first kappa shape index (κ1) is 21.0. The third-order valence-electron chi connectivity index (χ3n) is 5.19. The number of nitrogens with zero attached hydrogens (tertiary/aromatic N) is 3. The normalized spacial score (nSPS) is 16.6. The Balaban J connectivity index is 1.48. The molecule has 156 valence electrons. The Hall–Kier alpha value is -2.70. The molecule has 0 aliphatic carbocycles. The molecule has 7 nitrogen and oxygen atoms in total. The van der Waals surface area contributed by atoms with Gasteiger partial charge in [0.2, 0.25) is 17.7 Å². The van der Waals surface area contributed by atoms with Crippen LogP contribution in [0.15, 0.2) is 34.7 Å². The zero-order valence-corrected chi connectivity index (χ0v) is 17.0. The Kier molecular flexibility index (Phi) is 7.78. The molecule has 1 unspecified atom stereocenters. The lowest BCUT2D eigenvalue weighted by Crippen LogP contribution is -2.45. The van der Waals surface area contributed by atoms with E-state index in [1.807, 2.05) is 23.1 Å². The molecule has 2 aromatic rings. The molecule has 1 fully saturated rings. The van der Waals surface area contributed by atoms with Crippen molar-refractivity contribution < 1.29 is 18.7 Å². The molecule has 1 aromatic carbocycles. The molecule has 1 aliphatic heterocycles. The molecule has 3 rings (SSSR count). The van der Waals surface area contributed by atoms with Gasteiger partial charge in [-0.3, -0.25) is 9.59 Å². The molecule has 0 radical (unpaired) electrons. The number of carbonyl (C=O) groups is 2. The number of hydrogen-bond acceptors (Lipinski definition) is 6. The minimum atomic E-state index is -0.239. The zero-order chi connectivity index (χ0) is 20.5. The number of piperidine rings is 1. The van der Waals surface area contributed by atoms with E-state index in [0.29, 0.717) is 44.2 Å². The molecule has 0 bridgehead atoms. The van der Waals surface area contributed by atoms with Crippen molar-refractivity contribution >= 4 is 11.9 Å². The summed E-state index contributed by atoms with van der Waals surface area (Å²) in [5, 5.41) is 8.17. The van der Waals surface area contributed by atoms with E-state index >= 15 is 0 Å². The standard InChI is InChI=1S/C22H29N3O4/c1-2-28-22(27)16-18-10-6-7-15-25(18)21(26)14-13-20-24-23-19(29-20)12-11-17-8-4-3-5-9-17/h3-5,8-9,18H,2,6-7,10-16H2,1H3. The lowest BCUT2D eigenvalue weighted by atomic mass is 9.98. The summed E-state index contributed by atoms with van der Waals surface area (Å²) in [4.78, 5) is 26.4. The van der Waals surface area contributed by atoms with Crippen molar-refractivity contribution in [2.45, 2.75) is 64.3 Å². The lowest BCUT2D eigenvalue weighted by Gasteiger charge is -2.35. The van der Waals surface area contributed by atoms with E-state index in [0.717, 1.165) is 25.7 Å². The molecule has 0 saturated carbocycles. The van der Waals surface area contributed by atoms with Gasteiger partial charge in [-0.2, -0.15) is 0 Å². The number of likely N-dealkylation sites (tertiary alicyclic amines) is 1. The summed E-state index contributed by atoms with van der Waals surface area (Å²) in [5.41, 5.74) is 1.22. The Labute approximate surface area is 171 Å². The fraction of sp³-hybridized carbons (Fsp3) is 0.545. The molecule has 1 saturated heterocycles. The molecular weight excluding hydrogens is 370 g/mol. The Bertz CT molecular complexity index is 790. The van der Waals surface area contributed by atoms with Crippen molar-refractivity contribution in [2.24, 2.45) is 0 Å². The van der Waals surface area contributed by atoms with Crippen molar-refractivity contribution in [2.75, 3.05) is 13.2 Å². The van der Waals surface area contributed by atoms with Gasteiger partial charge in [0.25, 0.3) is 0 Å². The number of hydrogen-bond donors (Lipinski definition) is 0. The predicted octanol–water partition coefficient (Wildman–Crippen LogP) is 3.12. The van der Waals surface area contributed by atoms with Gasteiger partial charge in [0.15, 0.2) is 0 Å². The van der Waals surface area contributed by atoms with E-state index < -0.39 is 0 Å². The number of benzene rings is 1. The van der Waals surface area contributed by atoms with Crippen LogP contribution in [0.3, 0.4) is 0 Å². The molecular formula is C22H29N3O4. The van der Waals surface area contributed by atoms with Gasteiger partial charge in [0, 0.05) is 31.8 Å². The van der Waals surface area contributed by atoms with Crippen molar-refractivity contribution in [3.63, 3.8) is 0 Å². The van der Waals surface area contributed by atoms with Crippen LogP contribution >= 0.6 is 0 Å². The molecule has 1 atom stereocenters. The fourth-order valence-corrected chi connectivity index (χ4v) is 3.70. The van der Waals surface area contributed by atoms with Crippen LogP contribution < -0.4 is 0 Å². The van der Waals surface area contributed by atoms with Crippen LogP contribution in [0.1, 0.15) is 56.4 Å². The summed E-state index contributed by atoms with van der Waals surface area (Å²) < 4.78 is 10.7. The number of aromatic nitrogens is 2. The Morgan fingerprint density at radius 1 is 1.10 bits per heavy atom. The van der Waals surface area contributed by atoms with E-state index in [4.69, 9.17) is 9.15 Å². The minimum absolute atomic E-state index is 0.0306. The summed E-state index contributed by atoms with van der Waals surface area (Å²) in [7, 11) is 0. The first-order chi connectivity index (χ1) is 14.2.